The minimum Gasteiger partial charge on any atom is -0.452 e. The number of hydrogen-bond acceptors (Lipinski definition) is 7. The van der Waals surface area contributed by atoms with Crippen molar-refractivity contribution in [2.24, 2.45) is 0 Å². The Labute approximate surface area is 153 Å². The van der Waals surface area contributed by atoms with Gasteiger partial charge < -0.3 is 10.1 Å². The summed E-state index contributed by atoms with van der Waals surface area (Å²) in [6.45, 7) is 4.95. The molecule has 9 heteroatoms. The van der Waals surface area contributed by atoms with Crippen molar-refractivity contribution in [1.29, 1.82) is 0 Å². The van der Waals surface area contributed by atoms with Crippen LogP contribution in [0.1, 0.15) is 26.5 Å². The molecule has 2 aromatic rings. The van der Waals surface area contributed by atoms with E-state index in [1.54, 1.807) is 30.6 Å². The summed E-state index contributed by atoms with van der Waals surface area (Å²) in [5.41, 5.74) is 1.60. The maximum Gasteiger partial charge on any atom is 0.321 e. The fraction of sp³-hybridized carbons (Fsp3) is 0.375. The molecule has 2 heterocycles. The van der Waals surface area contributed by atoms with Crippen molar-refractivity contribution in [3.05, 3.63) is 27.9 Å². The summed E-state index contributed by atoms with van der Waals surface area (Å²) < 4.78 is 5.06. The van der Waals surface area contributed by atoms with Crippen molar-refractivity contribution < 1.29 is 19.1 Å². The van der Waals surface area contributed by atoms with Crippen LogP contribution in [-0.4, -0.2) is 35.0 Å². The minimum absolute atomic E-state index is 0.0313. The van der Waals surface area contributed by atoms with Crippen LogP contribution in [-0.2, 0) is 20.7 Å². The molecular weight excluding hydrogens is 362 g/mol. The lowest BCUT2D eigenvalue weighted by Gasteiger charge is -2.14. The highest BCUT2D eigenvalue weighted by atomic mass is 32.1. The van der Waals surface area contributed by atoms with E-state index in [1.807, 2.05) is 16.8 Å². The van der Waals surface area contributed by atoms with Crippen molar-refractivity contribution in [2.45, 2.75) is 39.3 Å². The van der Waals surface area contributed by atoms with Gasteiger partial charge in [-0.25, -0.2) is 9.78 Å². The largest absolute Gasteiger partial charge is 0.452 e. The molecule has 0 aliphatic carbocycles. The first-order chi connectivity index (χ1) is 11.8. The number of hydrogen-bond donors (Lipinski definition) is 2. The van der Waals surface area contributed by atoms with E-state index >= 15 is 0 Å². The maximum absolute atomic E-state index is 12.0. The number of amides is 3. The molecule has 0 fully saturated rings. The van der Waals surface area contributed by atoms with Crippen molar-refractivity contribution in [2.75, 3.05) is 0 Å². The maximum atomic E-state index is 12.0. The van der Waals surface area contributed by atoms with Gasteiger partial charge in [0.25, 0.3) is 5.91 Å². The first-order valence-electron chi connectivity index (χ1n) is 7.63. The molecule has 2 aromatic heterocycles. The Morgan fingerprint density at radius 2 is 2.00 bits per heavy atom. The number of aromatic nitrogens is 1. The molecule has 0 radical (unpaired) electrons. The molecule has 2 N–H and O–H groups in total. The SMILES string of the molecule is CC(C)NC(=O)NC(=O)C(C)OC(=O)Cc1csc(-c2ccsc2)n1. The molecule has 2 rings (SSSR count). The third-order valence-electron chi connectivity index (χ3n) is 2.98. The zero-order valence-corrected chi connectivity index (χ0v) is 15.7. The van der Waals surface area contributed by atoms with Crippen molar-refractivity contribution >= 4 is 40.6 Å². The summed E-state index contributed by atoms with van der Waals surface area (Å²) in [5.74, 6) is -1.25. The molecule has 7 nitrogen and oxygen atoms in total. The van der Waals surface area contributed by atoms with E-state index in [9.17, 15) is 14.4 Å². The summed E-state index contributed by atoms with van der Waals surface area (Å²) in [5, 5.41) is 11.2. The minimum atomic E-state index is -1.07. The zero-order valence-electron chi connectivity index (χ0n) is 14.1. The van der Waals surface area contributed by atoms with E-state index in [1.165, 1.54) is 18.3 Å². The Bertz CT molecular complexity index is 740. The van der Waals surface area contributed by atoms with Crippen LogP contribution in [0.5, 0.6) is 0 Å². The van der Waals surface area contributed by atoms with Crippen molar-refractivity contribution in [3.8, 4) is 10.6 Å². The second-order valence-electron chi connectivity index (χ2n) is 5.58. The number of urea groups is 1. The smallest absolute Gasteiger partial charge is 0.321 e. The number of rotatable bonds is 6. The van der Waals surface area contributed by atoms with Gasteiger partial charge in [0.2, 0.25) is 0 Å². The van der Waals surface area contributed by atoms with Crippen LogP contribution >= 0.6 is 22.7 Å². The lowest BCUT2D eigenvalue weighted by molar-refractivity contribution is -0.153. The van der Waals surface area contributed by atoms with Gasteiger partial charge in [0.05, 0.1) is 12.1 Å². The fourth-order valence-corrected chi connectivity index (χ4v) is 3.39. The van der Waals surface area contributed by atoms with Gasteiger partial charge in [0, 0.05) is 22.4 Å². The van der Waals surface area contributed by atoms with Crippen LogP contribution in [0.25, 0.3) is 10.6 Å². The first-order valence-corrected chi connectivity index (χ1v) is 9.45. The van der Waals surface area contributed by atoms with E-state index in [-0.39, 0.29) is 12.5 Å². The topological polar surface area (TPSA) is 97.4 Å². The van der Waals surface area contributed by atoms with E-state index < -0.39 is 24.0 Å². The number of imide groups is 1. The molecule has 134 valence electrons. The van der Waals surface area contributed by atoms with Crippen molar-refractivity contribution in [3.63, 3.8) is 0 Å². The third kappa shape index (κ3) is 5.95. The zero-order chi connectivity index (χ0) is 18.4. The third-order valence-corrected chi connectivity index (χ3v) is 4.60. The number of carbonyl (C=O) groups excluding carboxylic acids is 3. The fourth-order valence-electron chi connectivity index (χ4n) is 1.86. The number of esters is 1. The van der Waals surface area contributed by atoms with Crippen LogP contribution in [0, 0.1) is 0 Å². The van der Waals surface area contributed by atoms with E-state index in [2.05, 4.69) is 15.6 Å². The standard InChI is InChI=1S/C16H19N3O4S2/c1-9(2)17-16(22)19-14(21)10(3)23-13(20)6-12-8-25-15(18-12)11-4-5-24-7-11/h4-5,7-10H,6H2,1-3H3,(H2,17,19,21,22). The molecule has 0 aromatic carbocycles. The number of thiazole rings is 1. The molecule has 0 aliphatic heterocycles. The van der Waals surface area contributed by atoms with Gasteiger partial charge in [-0.15, -0.1) is 11.3 Å². The van der Waals surface area contributed by atoms with Gasteiger partial charge in [-0.1, -0.05) is 0 Å². The Hall–Kier alpha value is -2.26. The number of ether oxygens (including phenoxy) is 1. The molecule has 25 heavy (non-hydrogen) atoms. The van der Waals surface area contributed by atoms with E-state index in [0.717, 1.165) is 10.6 Å². The molecule has 0 bridgehead atoms. The summed E-state index contributed by atoms with van der Waals surface area (Å²) in [6.07, 6.45) is -1.10. The highest BCUT2D eigenvalue weighted by molar-refractivity contribution is 7.14. The van der Waals surface area contributed by atoms with Crippen molar-refractivity contribution in [1.82, 2.24) is 15.6 Å². The summed E-state index contributed by atoms with van der Waals surface area (Å²) in [6, 6.07) is 1.23. The van der Waals surface area contributed by atoms with Gasteiger partial charge in [-0.3, -0.25) is 14.9 Å². The van der Waals surface area contributed by atoms with Gasteiger partial charge in [0.1, 0.15) is 5.01 Å². The van der Waals surface area contributed by atoms with Gasteiger partial charge in [-0.2, -0.15) is 11.3 Å². The Morgan fingerprint density at radius 1 is 1.24 bits per heavy atom. The molecule has 0 saturated heterocycles. The normalized spacial score (nSPS) is 11.8. The quantitative estimate of drug-likeness (QED) is 0.750. The first kappa shape index (κ1) is 19.1. The van der Waals surface area contributed by atoms with Gasteiger partial charge in [0.15, 0.2) is 6.10 Å². The van der Waals surface area contributed by atoms with Crippen LogP contribution in [0.15, 0.2) is 22.2 Å². The second kappa shape index (κ2) is 8.72. The van der Waals surface area contributed by atoms with E-state index in [0.29, 0.717) is 5.69 Å². The summed E-state index contributed by atoms with van der Waals surface area (Å²) in [4.78, 5) is 39.6. The van der Waals surface area contributed by atoms with Crippen LogP contribution in [0.3, 0.4) is 0 Å². The van der Waals surface area contributed by atoms with Crippen LogP contribution in [0.2, 0.25) is 0 Å². The monoisotopic (exact) mass is 381 g/mol. The lowest BCUT2D eigenvalue weighted by Crippen LogP contribution is -2.46. The predicted molar refractivity (Wildman–Crippen MR) is 96.5 cm³/mol. The molecule has 0 spiro atoms. The highest BCUT2D eigenvalue weighted by Gasteiger charge is 2.21. The van der Waals surface area contributed by atoms with Gasteiger partial charge in [-0.05, 0) is 32.2 Å². The Kier molecular flexibility index (Phi) is 6.65. The molecule has 3 amide bonds. The number of nitrogens with one attached hydrogen (secondary N) is 2. The number of carbonyl (C=O) groups is 3. The average molecular weight is 381 g/mol. The van der Waals surface area contributed by atoms with E-state index in [4.69, 9.17) is 4.74 Å². The molecule has 0 aliphatic rings. The Morgan fingerprint density at radius 3 is 2.64 bits per heavy atom. The molecule has 1 unspecified atom stereocenters. The number of nitrogens with zero attached hydrogens (tertiary/aromatic N) is 1. The number of thiophene rings is 1. The van der Waals surface area contributed by atoms with Gasteiger partial charge >= 0.3 is 12.0 Å². The summed E-state index contributed by atoms with van der Waals surface area (Å²) in [7, 11) is 0. The Balaban J connectivity index is 1.83. The molecule has 1 atom stereocenters. The second-order valence-corrected chi connectivity index (χ2v) is 7.22. The van der Waals surface area contributed by atoms with Crippen LogP contribution < -0.4 is 10.6 Å². The average Bonchev–Trinajstić information content (AvgIpc) is 3.16. The summed E-state index contributed by atoms with van der Waals surface area (Å²) >= 11 is 3.02. The molecular formula is C16H19N3O4S2. The predicted octanol–water partition coefficient (Wildman–Crippen LogP) is 2.58. The van der Waals surface area contributed by atoms with Crippen LogP contribution in [0.4, 0.5) is 4.79 Å². The molecule has 0 saturated carbocycles. The lowest BCUT2D eigenvalue weighted by atomic mass is 10.3. The highest BCUT2D eigenvalue weighted by Crippen LogP contribution is 2.25.